The number of nitrogens with one attached hydrogen (secondary N) is 2. The normalized spacial score (nSPS) is 17.2. The van der Waals surface area contributed by atoms with Crippen LogP contribution in [0.25, 0.3) is 0 Å². The van der Waals surface area contributed by atoms with Crippen molar-refractivity contribution in [3.8, 4) is 5.75 Å². The van der Waals surface area contributed by atoms with Gasteiger partial charge >= 0.3 is 0 Å². The molecule has 1 fully saturated rings. The minimum Gasteiger partial charge on any atom is -0.488 e. The van der Waals surface area contributed by atoms with E-state index >= 15 is 0 Å². The Morgan fingerprint density at radius 2 is 2.10 bits per heavy atom. The van der Waals surface area contributed by atoms with Gasteiger partial charge in [0.1, 0.15) is 17.6 Å². The van der Waals surface area contributed by atoms with Crippen LogP contribution in [0.5, 0.6) is 5.75 Å². The first-order chi connectivity index (χ1) is 14.5. The second kappa shape index (κ2) is 12.3. The highest BCUT2D eigenvalue weighted by atomic mass is 127. The van der Waals surface area contributed by atoms with Gasteiger partial charge in [0.25, 0.3) is 0 Å². The summed E-state index contributed by atoms with van der Waals surface area (Å²) in [5, 5.41) is 10.8. The predicted octanol–water partition coefficient (Wildman–Crippen LogP) is 4.24. The highest BCUT2D eigenvalue weighted by Gasteiger charge is 2.19. The molecule has 1 aromatic heterocycles. The largest absolute Gasteiger partial charge is 0.488 e. The minimum atomic E-state index is 0. The topological polar surface area (TPSA) is 80.9 Å². The van der Waals surface area contributed by atoms with Crippen LogP contribution in [-0.4, -0.2) is 43.5 Å². The molecule has 2 N–H and O–H groups in total. The number of aromatic nitrogens is 1. The Morgan fingerprint density at radius 3 is 2.74 bits per heavy atom. The Kier molecular flexibility index (Phi) is 10.1. The molecule has 172 valence electrons. The molecule has 31 heavy (non-hydrogen) atoms. The van der Waals surface area contributed by atoms with Crippen molar-refractivity contribution >= 4 is 29.9 Å². The average molecular weight is 542 g/mol. The highest BCUT2D eigenvalue weighted by molar-refractivity contribution is 14.0. The first kappa shape index (κ1) is 25.5. The van der Waals surface area contributed by atoms with E-state index in [9.17, 15) is 0 Å². The van der Waals surface area contributed by atoms with Crippen molar-refractivity contribution < 1.29 is 14.0 Å². The number of halogens is 1. The molecular formula is C23H35IN4O3. The summed E-state index contributed by atoms with van der Waals surface area (Å²) in [4.78, 5) is 4.79. The molecule has 1 aliphatic rings. The van der Waals surface area contributed by atoms with Crippen LogP contribution in [0.2, 0.25) is 0 Å². The number of ether oxygens (including phenoxy) is 2. The molecule has 2 aromatic rings. The van der Waals surface area contributed by atoms with E-state index in [2.05, 4.69) is 54.8 Å². The maximum atomic E-state index is 6.20. The first-order valence-corrected chi connectivity index (χ1v) is 10.8. The zero-order valence-corrected chi connectivity index (χ0v) is 21.5. The van der Waals surface area contributed by atoms with Crippen LogP contribution in [0, 0.1) is 20.8 Å². The summed E-state index contributed by atoms with van der Waals surface area (Å²) in [7, 11) is 0. The molecule has 3 rings (SSSR count). The fourth-order valence-electron chi connectivity index (χ4n) is 3.74. The smallest absolute Gasteiger partial charge is 0.191 e. The van der Waals surface area contributed by atoms with Crippen molar-refractivity contribution in [1.29, 1.82) is 0 Å². The van der Waals surface area contributed by atoms with Crippen LogP contribution < -0.4 is 15.4 Å². The van der Waals surface area contributed by atoms with E-state index in [1.54, 1.807) is 0 Å². The molecular weight excluding hydrogens is 507 g/mol. The Bertz CT molecular complexity index is 843. The van der Waals surface area contributed by atoms with Crippen molar-refractivity contribution in [2.75, 3.05) is 26.3 Å². The predicted molar refractivity (Wildman–Crippen MR) is 134 cm³/mol. The lowest BCUT2D eigenvalue weighted by atomic mass is 10.00. The van der Waals surface area contributed by atoms with Gasteiger partial charge < -0.3 is 24.6 Å². The molecule has 2 unspecified atom stereocenters. The monoisotopic (exact) mass is 542 g/mol. The molecule has 0 radical (unpaired) electrons. The molecule has 7 nitrogen and oxygen atoms in total. The van der Waals surface area contributed by atoms with Crippen LogP contribution in [0.15, 0.2) is 27.7 Å². The van der Waals surface area contributed by atoms with Crippen LogP contribution in [0.4, 0.5) is 0 Å². The Hall–Kier alpha value is -1.81. The van der Waals surface area contributed by atoms with E-state index in [0.29, 0.717) is 13.2 Å². The maximum absolute atomic E-state index is 6.20. The zero-order chi connectivity index (χ0) is 21.5. The second-order valence-electron chi connectivity index (χ2n) is 7.93. The van der Waals surface area contributed by atoms with Crippen LogP contribution in [0.3, 0.4) is 0 Å². The van der Waals surface area contributed by atoms with E-state index in [1.165, 1.54) is 5.56 Å². The Labute approximate surface area is 202 Å². The summed E-state index contributed by atoms with van der Waals surface area (Å²) < 4.78 is 17.0. The number of benzene rings is 1. The van der Waals surface area contributed by atoms with E-state index in [4.69, 9.17) is 19.0 Å². The SMILES string of the molecule is CCNC(=NCc1ccc(C)cc1OC1CCOC1)NCC(C)c1c(C)noc1C.I. The second-order valence-corrected chi connectivity index (χ2v) is 7.93. The minimum absolute atomic E-state index is 0. The van der Waals surface area contributed by atoms with Crippen molar-refractivity contribution in [2.45, 2.75) is 59.6 Å². The summed E-state index contributed by atoms with van der Waals surface area (Å²) in [6, 6.07) is 6.28. The average Bonchev–Trinajstić information content (AvgIpc) is 3.34. The number of aryl methyl sites for hydroxylation is 3. The standard InChI is InChI=1S/C23H34N4O3.HI/c1-6-24-23(25-12-16(3)22-17(4)27-30-18(22)5)26-13-19-8-7-15(2)11-21(19)29-20-9-10-28-14-20;/h7-8,11,16,20H,6,9-10,12-14H2,1-5H3,(H2,24,25,26);1H. The van der Waals surface area contributed by atoms with E-state index in [1.807, 2.05) is 13.8 Å². The van der Waals surface area contributed by atoms with Gasteiger partial charge in [0.05, 0.1) is 25.5 Å². The molecule has 1 saturated heterocycles. The van der Waals surface area contributed by atoms with Gasteiger partial charge in [0.2, 0.25) is 0 Å². The van der Waals surface area contributed by atoms with Gasteiger partial charge in [-0.2, -0.15) is 0 Å². The number of rotatable bonds is 8. The third-order valence-corrected chi connectivity index (χ3v) is 5.31. The lowest BCUT2D eigenvalue weighted by Crippen LogP contribution is -2.39. The van der Waals surface area contributed by atoms with Gasteiger partial charge in [-0.15, -0.1) is 24.0 Å². The molecule has 2 atom stereocenters. The molecule has 0 bridgehead atoms. The Morgan fingerprint density at radius 1 is 1.29 bits per heavy atom. The van der Waals surface area contributed by atoms with Gasteiger partial charge in [-0.05, 0) is 39.3 Å². The third kappa shape index (κ3) is 7.10. The molecule has 0 spiro atoms. The maximum Gasteiger partial charge on any atom is 0.191 e. The van der Waals surface area contributed by atoms with Crippen LogP contribution in [-0.2, 0) is 11.3 Å². The van der Waals surface area contributed by atoms with Crippen LogP contribution in [0.1, 0.15) is 54.3 Å². The zero-order valence-electron chi connectivity index (χ0n) is 19.2. The number of aliphatic imine (C=N–C) groups is 1. The highest BCUT2D eigenvalue weighted by Crippen LogP contribution is 2.25. The number of nitrogens with zero attached hydrogens (tertiary/aromatic N) is 2. The fraction of sp³-hybridized carbons (Fsp3) is 0.565. The van der Waals surface area contributed by atoms with Gasteiger partial charge in [0, 0.05) is 36.6 Å². The van der Waals surface area contributed by atoms with Crippen molar-refractivity contribution in [3.05, 3.63) is 46.3 Å². The quantitative estimate of drug-likeness (QED) is 0.295. The summed E-state index contributed by atoms with van der Waals surface area (Å²) in [6.07, 6.45) is 1.05. The number of guanidine groups is 1. The Balaban J connectivity index is 0.00000341. The summed E-state index contributed by atoms with van der Waals surface area (Å²) in [6.45, 7) is 13.7. The molecule has 2 heterocycles. The number of hydrogen-bond acceptors (Lipinski definition) is 5. The van der Waals surface area contributed by atoms with Gasteiger partial charge in [-0.3, -0.25) is 0 Å². The first-order valence-electron chi connectivity index (χ1n) is 10.8. The lowest BCUT2D eigenvalue weighted by molar-refractivity contribution is 0.140. The summed E-state index contributed by atoms with van der Waals surface area (Å²) in [5.74, 6) is 2.82. The molecule has 1 aliphatic heterocycles. The summed E-state index contributed by atoms with van der Waals surface area (Å²) >= 11 is 0. The van der Waals surface area contributed by atoms with Crippen molar-refractivity contribution in [3.63, 3.8) is 0 Å². The molecule has 1 aromatic carbocycles. The van der Waals surface area contributed by atoms with Gasteiger partial charge in [-0.25, -0.2) is 4.99 Å². The third-order valence-electron chi connectivity index (χ3n) is 5.31. The van der Waals surface area contributed by atoms with Gasteiger partial charge in [-0.1, -0.05) is 24.2 Å². The summed E-state index contributed by atoms with van der Waals surface area (Å²) in [5.41, 5.74) is 4.35. The van der Waals surface area contributed by atoms with E-state index < -0.39 is 0 Å². The molecule has 8 heteroatoms. The van der Waals surface area contributed by atoms with E-state index in [-0.39, 0.29) is 36.0 Å². The lowest BCUT2D eigenvalue weighted by Gasteiger charge is -2.17. The fourth-order valence-corrected chi connectivity index (χ4v) is 3.74. The molecule has 0 amide bonds. The molecule has 0 saturated carbocycles. The van der Waals surface area contributed by atoms with Crippen LogP contribution >= 0.6 is 24.0 Å². The van der Waals surface area contributed by atoms with Crippen molar-refractivity contribution in [1.82, 2.24) is 15.8 Å². The molecule has 0 aliphatic carbocycles. The van der Waals surface area contributed by atoms with E-state index in [0.717, 1.165) is 60.4 Å². The number of hydrogen-bond donors (Lipinski definition) is 2. The van der Waals surface area contributed by atoms with Gasteiger partial charge in [0.15, 0.2) is 5.96 Å². The van der Waals surface area contributed by atoms with Crippen molar-refractivity contribution in [2.24, 2.45) is 4.99 Å².